The van der Waals surface area contributed by atoms with E-state index < -0.39 is 5.41 Å². The van der Waals surface area contributed by atoms with Crippen LogP contribution in [-0.4, -0.2) is 30.3 Å². The maximum Gasteiger partial charge on any atom is 0.229 e. The predicted molar refractivity (Wildman–Crippen MR) is 59.4 cm³/mol. The molecule has 0 radical (unpaired) electrons. The van der Waals surface area contributed by atoms with E-state index in [2.05, 4.69) is 6.92 Å². The van der Waals surface area contributed by atoms with E-state index in [9.17, 15) is 4.79 Å². The van der Waals surface area contributed by atoms with Crippen molar-refractivity contribution in [1.82, 2.24) is 4.90 Å². The second-order valence-corrected chi connectivity index (χ2v) is 5.44. The summed E-state index contributed by atoms with van der Waals surface area (Å²) in [5.41, 5.74) is -0.422. The smallest absolute Gasteiger partial charge is 0.229 e. The Morgan fingerprint density at radius 1 is 1.57 bits per heavy atom. The largest absolute Gasteiger partial charge is 0.345 e. The van der Waals surface area contributed by atoms with Gasteiger partial charge in [0.15, 0.2) is 0 Å². The Balaban J connectivity index is 2.43. The summed E-state index contributed by atoms with van der Waals surface area (Å²) in [5.74, 6) is 2.06. The molecule has 0 spiro atoms. The molecule has 1 rings (SSSR count). The maximum atomic E-state index is 11.9. The van der Waals surface area contributed by atoms with E-state index in [0.717, 1.165) is 18.4 Å². The lowest BCUT2D eigenvalue weighted by Crippen LogP contribution is -2.40. The minimum atomic E-state index is -0.422. The number of hydrogen-bond donors (Lipinski definition) is 0. The maximum absolute atomic E-state index is 11.9. The van der Waals surface area contributed by atoms with Crippen LogP contribution in [-0.2, 0) is 4.79 Å². The fourth-order valence-corrected chi connectivity index (χ4v) is 1.78. The summed E-state index contributed by atoms with van der Waals surface area (Å²) in [4.78, 5) is 13.7. The molecule has 0 saturated heterocycles. The number of rotatable bonds is 4. The average molecular weight is 218 g/mol. The van der Waals surface area contributed by atoms with E-state index in [1.54, 1.807) is 0 Å². The molecule has 2 atom stereocenters. The lowest BCUT2D eigenvalue weighted by atomic mass is 9.94. The number of hydrogen-bond acceptors (Lipinski definition) is 1. The van der Waals surface area contributed by atoms with E-state index in [1.807, 2.05) is 25.8 Å². The van der Waals surface area contributed by atoms with Crippen molar-refractivity contribution >= 4 is 17.5 Å². The van der Waals surface area contributed by atoms with Crippen LogP contribution in [0, 0.1) is 17.3 Å². The minimum Gasteiger partial charge on any atom is -0.345 e. The first-order chi connectivity index (χ1) is 6.38. The molecule has 14 heavy (non-hydrogen) atoms. The van der Waals surface area contributed by atoms with E-state index in [0.29, 0.717) is 5.88 Å². The monoisotopic (exact) mass is 217 g/mol. The van der Waals surface area contributed by atoms with Crippen molar-refractivity contribution in [3.05, 3.63) is 0 Å². The van der Waals surface area contributed by atoms with Gasteiger partial charge < -0.3 is 4.90 Å². The van der Waals surface area contributed by atoms with Crippen LogP contribution in [0.25, 0.3) is 0 Å². The molecule has 0 N–H and O–H groups in total. The van der Waals surface area contributed by atoms with Gasteiger partial charge in [-0.1, -0.05) is 6.92 Å². The third-order valence-electron chi connectivity index (χ3n) is 3.04. The highest BCUT2D eigenvalue weighted by atomic mass is 35.5. The molecule has 0 aromatic rings. The molecule has 2 unspecified atom stereocenters. The fraction of sp³-hybridized carbons (Fsp3) is 0.909. The molecule has 3 heteroatoms. The van der Waals surface area contributed by atoms with E-state index in [-0.39, 0.29) is 5.91 Å². The van der Waals surface area contributed by atoms with Crippen molar-refractivity contribution in [1.29, 1.82) is 0 Å². The fourth-order valence-electron chi connectivity index (χ4n) is 1.66. The summed E-state index contributed by atoms with van der Waals surface area (Å²) in [7, 11) is 1.88. The van der Waals surface area contributed by atoms with Crippen molar-refractivity contribution < 1.29 is 4.79 Å². The molecule has 1 aliphatic rings. The van der Waals surface area contributed by atoms with Crippen molar-refractivity contribution in [3.63, 3.8) is 0 Å². The average Bonchev–Trinajstić information content (AvgIpc) is 2.80. The number of carbonyl (C=O) groups excluding carboxylic acids is 1. The Morgan fingerprint density at radius 2 is 2.07 bits per heavy atom. The van der Waals surface area contributed by atoms with Crippen LogP contribution in [0.1, 0.15) is 27.2 Å². The first-order valence-corrected chi connectivity index (χ1v) is 5.73. The number of alkyl halides is 1. The predicted octanol–water partition coefficient (Wildman–Crippen LogP) is 2.37. The summed E-state index contributed by atoms with van der Waals surface area (Å²) in [6.07, 6.45) is 1.26. The molecule has 1 fully saturated rings. The number of halogens is 1. The summed E-state index contributed by atoms with van der Waals surface area (Å²) in [5, 5.41) is 0. The van der Waals surface area contributed by atoms with Gasteiger partial charge in [-0.25, -0.2) is 0 Å². The zero-order chi connectivity index (χ0) is 10.9. The number of nitrogens with zero attached hydrogens (tertiary/aromatic N) is 1. The SMILES string of the molecule is CC1CC1CN(C)C(=O)C(C)(C)CCl. The summed E-state index contributed by atoms with van der Waals surface area (Å²) in [6.45, 7) is 6.92. The van der Waals surface area contributed by atoms with Gasteiger partial charge in [0, 0.05) is 19.5 Å². The van der Waals surface area contributed by atoms with Crippen LogP contribution >= 0.6 is 11.6 Å². The zero-order valence-electron chi connectivity index (χ0n) is 9.51. The van der Waals surface area contributed by atoms with Crippen LogP contribution in [0.3, 0.4) is 0 Å². The Labute approximate surface area is 91.6 Å². The van der Waals surface area contributed by atoms with Gasteiger partial charge in [-0.15, -0.1) is 11.6 Å². The second kappa shape index (κ2) is 4.09. The third kappa shape index (κ3) is 2.63. The Bertz CT molecular complexity index is 227. The van der Waals surface area contributed by atoms with Gasteiger partial charge in [0.2, 0.25) is 5.91 Å². The van der Waals surface area contributed by atoms with E-state index in [4.69, 9.17) is 11.6 Å². The molecule has 0 bridgehead atoms. The lowest BCUT2D eigenvalue weighted by molar-refractivity contribution is -0.138. The molecule has 0 aliphatic heterocycles. The third-order valence-corrected chi connectivity index (χ3v) is 3.71. The first-order valence-electron chi connectivity index (χ1n) is 5.20. The highest BCUT2D eigenvalue weighted by Crippen LogP contribution is 2.38. The Morgan fingerprint density at radius 3 is 2.43 bits per heavy atom. The lowest BCUT2D eigenvalue weighted by Gasteiger charge is -2.27. The molecular weight excluding hydrogens is 198 g/mol. The number of carbonyl (C=O) groups is 1. The van der Waals surface area contributed by atoms with Gasteiger partial charge in [-0.2, -0.15) is 0 Å². The Kier molecular flexibility index (Phi) is 3.46. The molecule has 0 heterocycles. The van der Waals surface area contributed by atoms with Crippen molar-refractivity contribution in [2.75, 3.05) is 19.5 Å². The van der Waals surface area contributed by atoms with E-state index in [1.165, 1.54) is 6.42 Å². The molecule has 0 aromatic heterocycles. The highest BCUT2D eigenvalue weighted by Gasteiger charge is 2.37. The van der Waals surface area contributed by atoms with Gasteiger partial charge in [-0.05, 0) is 32.1 Å². The van der Waals surface area contributed by atoms with Crippen LogP contribution in [0.5, 0.6) is 0 Å². The van der Waals surface area contributed by atoms with Gasteiger partial charge in [-0.3, -0.25) is 4.79 Å². The highest BCUT2D eigenvalue weighted by molar-refractivity contribution is 6.19. The molecular formula is C11H20ClNO. The topological polar surface area (TPSA) is 20.3 Å². The van der Waals surface area contributed by atoms with Crippen LogP contribution in [0.15, 0.2) is 0 Å². The summed E-state index contributed by atoms with van der Waals surface area (Å²) < 4.78 is 0. The van der Waals surface area contributed by atoms with Crippen molar-refractivity contribution in [2.45, 2.75) is 27.2 Å². The zero-order valence-corrected chi connectivity index (χ0v) is 10.3. The van der Waals surface area contributed by atoms with Gasteiger partial charge in [0.25, 0.3) is 0 Å². The first kappa shape index (κ1) is 11.8. The van der Waals surface area contributed by atoms with Crippen LogP contribution in [0.2, 0.25) is 0 Å². The molecule has 2 nitrogen and oxygen atoms in total. The minimum absolute atomic E-state index is 0.159. The normalized spacial score (nSPS) is 26.1. The summed E-state index contributed by atoms with van der Waals surface area (Å²) in [6, 6.07) is 0. The van der Waals surface area contributed by atoms with Gasteiger partial charge >= 0.3 is 0 Å². The summed E-state index contributed by atoms with van der Waals surface area (Å²) >= 11 is 5.77. The standard InChI is InChI=1S/C11H20ClNO/c1-8-5-9(8)6-13(4)10(14)11(2,3)7-12/h8-9H,5-7H2,1-4H3. The molecule has 1 amide bonds. The van der Waals surface area contributed by atoms with Crippen LogP contribution < -0.4 is 0 Å². The van der Waals surface area contributed by atoms with Gasteiger partial charge in [0.05, 0.1) is 5.41 Å². The molecule has 0 aromatic carbocycles. The van der Waals surface area contributed by atoms with Crippen molar-refractivity contribution in [2.24, 2.45) is 17.3 Å². The number of amides is 1. The quantitative estimate of drug-likeness (QED) is 0.663. The molecule has 1 saturated carbocycles. The van der Waals surface area contributed by atoms with Crippen molar-refractivity contribution in [3.8, 4) is 0 Å². The molecule has 82 valence electrons. The Hall–Kier alpha value is -0.240. The van der Waals surface area contributed by atoms with Gasteiger partial charge in [0.1, 0.15) is 0 Å². The second-order valence-electron chi connectivity index (χ2n) is 5.18. The molecule has 1 aliphatic carbocycles. The van der Waals surface area contributed by atoms with E-state index >= 15 is 0 Å². The van der Waals surface area contributed by atoms with Crippen LogP contribution in [0.4, 0.5) is 0 Å².